The molecule has 1 atom stereocenters. The Balaban J connectivity index is 2.28. The van der Waals surface area contributed by atoms with Crippen molar-refractivity contribution in [3.8, 4) is 11.8 Å². The molecule has 0 fully saturated rings. The van der Waals surface area contributed by atoms with Gasteiger partial charge in [0.1, 0.15) is 18.5 Å². The first-order valence-corrected chi connectivity index (χ1v) is 6.23. The molecular formula is C14H20N2O2. The summed E-state index contributed by atoms with van der Waals surface area (Å²) in [6.07, 6.45) is 0.952. The Labute approximate surface area is 108 Å². The third-order valence-electron chi connectivity index (χ3n) is 2.46. The minimum atomic E-state index is -0.504. The Kier molecular flexibility index (Phi) is 6.85. The summed E-state index contributed by atoms with van der Waals surface area (Å²) in [4.78, 5) is 0. The van der Waals surface area contributed by atoms with E-state index in [-0.39, 0.29) is 6.61 Å². The van der Waals surface area contributed by atoms with Gasteiger partial charge in [0, 0.05) is 6.54 Å². The molecule has 0 radical (unpaired) electrons. The van der Waals surface area contributed by atoms with Crippen molar-refractivity contribution in [1.82, 2.24) is 5.32 Å². The maximum Gasteiger partial charge on any atom is 0.119 e. The first-order chi connectivity index (χ1) is 8.76. The first-order valence-electron chi connectivity index (χ1n) is 6.23. The molecule has 0 saturated heterocycles. The quantitative estimate of drug-likeness (QED) is 0.684. The summed E-state index contributed by atoms with van der Waals surface area (Å²) in [5.74, 6) is 0.714. The summed E-state index contributed by atoms with van der Waals surface area (Å²) in [6.45, 7) is 3.80. The number of rotatable bonds is 8. The fraction of sp³-hybridized carbons (Fsp3) is 0.500. The van der Waals surface area contributed by atoms with Crippen LogP contribution in [0.15, 0.2) is 24.3 Å². The van der Waals surface area contributed by atoms with Gasteiger partial charge < -0.3 is 15.2 Å². The molecular weight excluding hydrogens is 228 g/mol. The molecule has 0 spiro atoms. The molecule has 1 rings (SSSR count). The zero-order valence-electron chi connectivity index (χ0n) is 10.7. The molecule has 0 aliphatic heterocycles. The zero-order chi connectivity index (χ0) is 13.2. The highest BCUT2D eigenvalue weighted by Gasteiger charge is 2.04. The smallest absolute Gasteiger partial charge is 0.119 e. The van der Waals surface area contributed by atoms with Crippen LogP contribution < -0.4 is 10.1 Å². The number of hydrogen-bond acceptors (Lipinski definition) is 4. The van der Waals surface area contributed by atoms with Gasteiger partial charge in [-0.05, 0) is 30.7 Å². The van der Waals surface area contributed by atoms with Gasteiger partial charge in [-0.3, -0.25) is 0 Å². The third kappa shape index (κ3) is 5.67. The lowest BCUT2D eigenvalue weighted by atomic mass is 10.2. The van der Waals surface area contributed by atoms with Crippen LogP contribution in [-0.4, -0.2) is 30.9 Å². The molecule has 98 valence electrons. The second kappa shape index (κ2) is 8.51. The van der Waals surface area contributed by atoms with Gasteiger partial charge in [0.15, 0.2) is 0 Å². The van der Waals surface area contributed by atoms with Gasteiger partial charge >= 0.3 is 0 Å². The van der Waals surface area contributed by atoms with E-state index in [1.807, 2.05) is 24.3 Å². The molecule has 18 heavy (non-hydrogen) atoms. The van der Waals surface area contributed by atoms with Crippen molar-refractivity contribution in [3.63, 3.8) is 0 Å². The molecule has 0 bridgehead atoms. The molecule has 1 aromatic carbocycles. The van der Waals surface area contributed by atoms with Crippen molar-refractivity contribution in [3.05, 3.63) is 29.8 Å². The Morgan fingerprint density at radius 1 is 1.39 bits per heavy atom. The lowest BCUT2D eigenvalue weighted by molar-refractivity contribution is 0.106. The maximum absolute atomic E-state index is 9.65. The second-order valence-electron chi connectivity index (χ2n) is 4.15. The van der Waals surface area contributed by atoms with Gasteiger partial charge in [0.05, 0.1) is 12.5 Å². The van der Waals surface area contributed by atoms with E-state index in [9.17, 15) is 5.11 Å². The molecule has 0 aliphatic carbocycles. The van der Waals surface area contributed by atoms with Crippen LogP contribution in [0.3, 0.4) is 0 Å². The average molecular weight is 248 g/mol. The molecule has 0 saturated carbocycles. The van der Waals surface area contributed by atoms with Crippen LogP contribution >= 0.6 is 0 Å². The SMILES string of the molecule is CCCNCC(O)COc1ccc(CC#N)cc1. The number of aliphatic hydroxyl groups excluding tert-OH is 1. The van der Waals surface area contributed by atoms with Crippen LogP contribution in [0.1, 0.15) is 18.9 Å². The molecule has 2 N–H and O–H groups in total. The number of aliphatic hydroxyl groups is 1. The van der Waals surface area contributed by atoms with Crippen molar-refractivity contribution in [2.75, 3.05) is 19.7 Å². The normalized spacial score (nSPS) is 11.8. The van der Waals surface area contributed by atoms with Crippen LogP contribution in [0.2, 0.25) is 0 Å². The summed E-state index contributed by atoms with van der Waals surface area (Å²) in [6, 6.07) is 9.45. The number of benzene rings is 1. The molecule has 0 aromatic heterocycles. The van der Waals surface area contributed by atoms with E-state index in [0.29, 0.717) is 18.7 Å². The topological polar surface area (TPSA) is 65.3 Å². The predicted octanol–water partition coefficient (Wildman–Crippen LogP) is 1.49. The lowest BCUT2D eigenvalue weighted by Crippen LogP contribution is -2.31. The summed E-state index contributed by atoms with van der Waals surface area (Å²) in [5.41, 5.74) is 0.968. The van der Waals surface area contributed by atoms with Gasteiger partial charge in [0.25, 0.3) is 0 Å². The van der Waals surface area contributed by atoms with Crippen LogP contribution in [0.4, 0.5) is 0 Å². The van der Waals surface area contributed by atoms with E-state index in [1.54, 1.807) is 0 Å². The molecule has 4 heteroatoms. The number of ether oxygens (including phenoxy) is 1. The summed E-state index contributed by atoms with van der Waals surface area (Å²) < 4.78 is 5.46. The number of nitrogens with zero attached hydrogens (tertiary/aromatic N) is 1. The standard InChI is InChI=1S/C14H20N2O2/c1-2-9-16-10-13(17)11-18-14-5-3-12(4-6-14)7-8-15/h3-6,13,16-17H,2,7,9-11H2,1H3. The van der Waals surface area contributed by atoms with E-state index in [1.165, 1.54) is 0 Å². The van der Waals surface area contributed by atoms with Gasteiger partial charge in [-0.25, -0.2) is 0 Å². The zero-order valence-corrected chi connectivity index (χ0v) is 10.7. The van der Waals surface area contributed by atoms with Gasteiger partial charge in [-0.2, -0.15) is 5.26 Å². The van der Waals surface area contributed by atoms with Gasteiger partial charge in [-0.1, -0.05) is 19.1 Å². The molecule has 1 unspecified atom stereocenters. The predicted molar refractivity (Wildman–Crippen MR) is 70.4 cm³/mol. The fourth-order valence-corrected chi connectivity index (χ4v) is 1.49. The maximum atomic E-state index is 9.65. The van der Waals surface area contributed by atoms with Crippen LogP contribution in [-0.2, 0) is 6.42 Å². The van der Waals surface area contributed by atoms with Gasteiger partial charge in [0.2, 0.25) is 0 Å². The lowest BCUT2D eigenvalue weighted by Gasteiger charge is -2.13. The summed E-state index contributed by atoms with van der Waals surface area (Å²) in [7, 11) is 0. The highest BCUT2D eigenvalue weighted by molar-refractivity contribution is 5.28. The van der Waals surface area contributed by atoms with E-state index < -0.39 is 6.10 Å². The highest BCUT2D eigenvalue weighted by Crippen LogP contribution is 2.12. The van der Waals surface area contributed by atoms with Crippen molar-refractivity contribution >= 4 is 0 Å². The van der Waals surface area contributed by atoms with Crippen LogP contribution in [0, 0.1) is 11.3 Å². The van der Waals surface area contributed by atoms with Gasteiger partial charge in [-0.15, -0.1) is 0 Å². The number of hydrogen-bond donors (Lipinski definition) is 2. The second-order valence-corrected chi connectivity index (χ2v) is 4.15. The van der Waals surface area contributed by atoms with E-state index in [4.69, 9.17) is 10.00 Å². The van der Waals surface area contributed by atoms with Crippen molar-refractivity contribution in [1.29, 1.82) is 5.26 Å². The summed E-state index contributed by atoms with van der Waals surface area (Å²) >= 11 is 0. The Bertz CT molecular complexity index is 370. The molecule has 1 aromatic rings. The van der Waals surface area contributed by atoms with Crippen molar-refractivity contribution in [2.45, 2.75) is 25.9 Å². The largest absolute Gasteiger partial charge is 0.491 e. The fourth-order valence-electron chi connectivity index (χ4n) is 1.49. The van der Waals surface area contributed by atoms with Crippen molar-refractivity contribution < 1.29 is 9.84 Å². The highest BCUT2D eigenvalue weighted by atomic mass is 16.5. The number of nitrogens with one attached hydrogen (secondary N) is 1. The Hall–Kier alpha value is -1.57. The monoisotopic (exact) mass is 248 g/mol. The molecule has 4 nitrogen and oxygen atoms in total. The molecule has 0 heterocycles. The molecule has 0 aliphatic rings. The van der Waals surface area contributed by atoms with Crippen LogP contribution in [0.5, 0.6) is 5.75 Å². The first kappa shape index (κ1) is 14.5. The minimum absolute atomic E-state index is 0.272. The van der Waals surface area contributed by atoms with E-state index in [0.717, 1.165) is 18.5 Å². The average Bonchev–Trinajstić information content (AvgIpc) is 2.39. The number of nitriles is 1. The van der Waals surface area contributed by atoms with Crippen molar-refractivity contribution in [2.24, 2.45) is 0 Å². The third-order valence-corrected chi connectivity index (χ3v) is 2.46. The van der Waals surface area contributed by atoms with Crippen LogP contribution in [0.25, 0.3) is 0 Å². The summed E-state index contributed by atoms with van der Waals surface area (Å²) in [5, 5.41) is 21.3. The Morgan fingerprint density at radius 3 is 2.72 bits per heavy atom. The van der Waals surface area contributed by atoms with E-state index in [2.05, 4.69) is 18.3 Å². The molecule has 0 amide bonds. The Morgan fingerprint density at radius 2 is 2.11 bits per heavy atom. The minimum Gasteiger partial charge on any atom is -0.491 e. The van der Waals surface area contributed by atoms with E-state index >= 15 is 0 Å².